The predicted molar refractivity (Wildman–Crippen MR) is 198 cm³/mol. The van der Waals surface area contributed by atoms with E-state index in [0.29, 0.717) is 0 Å². The molecule has 0 aliphatic carbocycles. The molecule has 45 heavy (non-hydrogen) atoms. The monoisotopic (exact) mass is 592 g/mol. The molecule has 0 fully saturated rings. The maximum absolute atomic E-state index is 3.60. The summed E-state index contributed by atoms with van der Waals surface area (Å²) in [6, 6.07) is 33.4. The molecular weight excluding hydrogens is 544 g/mol. The summed E-state index contributed by atoms with van der Waals surface area (Å²) in [5.41, 5.74) is 12.5. The van der Waals surface area contributed by atoms with Crippen LogP contribution >= 0.6 is 0 Å². The summed E-state index contributed by atoms with van der Waals surface area (Å²) in [5.74, 6) is 0. The van der Waals surface area contributed by atoms with E-state index in [-0.39, 0.29) is 5.41 Å². The number of nitrogens with one attached hydrogen (secondary N) is 1. The number of aromatic nitrogens is 1. The van der Waals surface area contributed by atoms with Crippen LogP contribution in [0.1, 0.15) is 73.3 Å². The summed E-state index contributed by atoms with van der Waals surface area (Å²) in [6.07, 6.45) is 14.4. The van der Waals surface area contributed by atoms with Gasteiger partial charge in [0.15, 0.2) is 0 Å². The maximum Gasteiger partial charge on any atom is 0.0541 e. The number of fused-ring (bicyclic) bond motifs is 3. The van der Waals surface area contributed by atoms with Crippen LogP contribution < -0.4 is 5.32 Å². The van der Waals surface area contributed by atoms with Crippen LogP contribution in [0, 0.1) is 0 Å². The molecule has 0 saturated heterocycles. The van der Waals surface area contributed by atoms with Crippen LogP contribution in [0.4, 0.5) is 5.69 Å². The summed E-state index contributed by atoms with van der Waals surface area (Å²) in [4.78, 5) is 0. The Labute approximate surface area is 270 Å². The van der Waals surface area contributed by atoms with E-state index in [1.165, 1.54) is 55.3 Å². The highest BCUT2D eigenvalue weighted by Crippen LogP contribution is 2.37. The molecule has 2 nitrogen and oxygen atoms in total. The van der Waals surface area contributed by atoms with Crippen molar-refractivity contribution in [1.82, 2.24) is 4.57 Å². The van der Waals surface area contributed by atoms with E-state index >= 15 is 0 Å². The zero-order chi connectivity index (χ0) is 32.0. The summed E-state index contributed by atoms with van der Waals surface area (Å²) in [7, 11) is 0. The fourth-order valence-corrected chi connectivity index (χ4v) is 6.02. The van der Waals surface area contributed by atoms with Gasteiger partial charge in [-0.1, -0.05) is 106 Å². The number of anilines is 1. The van der Waals surface area contributed by atoms with Crippen molar-refractivity contribution >= 4 is 27.5 Å². The van der Waals surface area contributed by atoms with Crippen LogP contribution in [0.25, 0.3) is 38.6 Å². The van der Waals surface area contributed by atoms with E-state index in [9.17, 15) is 0 Å². The Bertz CT molecular complexity index is 1890. The van der Waals surface area contributed by atoms with E-state index in [2.05, 4.69) is 180 Å². The molecule has 0 amide bonds. The Morgan fingerprint density at radius 2 is 1.40 bits per heavy atom. The molecule has 5 aromatic rings. The first-order valence-electron chi connectivity index (χ1n) is 16.4. The molecule has 0 saturated carbocycles. The molecule has 0 atom stereocenters. The van der Waals surface area contributed by atoms with Gasteiger partial charge in [0.05, 0.1) is 11.0 Å². The first-order chi connectivity index (χ1) is 21.7. The largest absolute Gasteiger partial charge is 0.359 e. The first kappa shape index (κ1) is 31.9. The van der Waals surface area contributed by atoms with Crippen molar-refractivity contribution in [1.29, 1.82) is 0 Å². The molecule has 0 radical (unpaired) electrons. The topological polar surface area (TPSA) is 17.0 Å². The van der Waals surface area contributed by atoms with Crippen molar-refractivity contribution in [2.45, 2.75) is 73.1 Å². The van der Waals surface area contributed by atoms with Crippen LogP contribution in [-0.2, 0) is 5.41 Å². The number of benzene rings is 4. The van der Waals surface area contributed by atoms with E-state index in [4.69, 9.17) is 0 Å². The van der Waals surface area contributed by atoms with E-state index in [1.807, 2.05) is 0 Å². The average molecular weight is 593 g/mol. The van der Waals surface area contributed by atoms with E-state index in [0.717, 1.165) is 30.6 Å². The minimum atomic E-state index is 0.0814. The van der Waals surface area contributed by atoms with Crippen LogP contribution in [0.15, 0.2) is 138 Å². The lowest BCUT2D eigenvalue weighted by Crippen LogP contribution is -2.10. The van der Waals surface area contributed by atoms with Gasteiger partial charge in [-0.2, -0.15) is 0 Å². The van der Waals surface area contributed by atoms with Crippen molar-refractivity contribution in [3.05, 3.63) is 144 Å². The quantitative estimate of drug-likeness (QED) is 0.160. The Balaban J connectivity index is 1.40. The minimum absolute atomic E-state index is 0.0814. The molecule has 230 valence electrons. The molecule has 0 aliphatic heterocycles. The van der Waals surface area contributed by atoms with E-state index < -0.39 is 0 Å². The average Bonchev–Trinajstić information content (AvgIpc) is 3.37. The summed E-state index contributed by atoms with van der Waals surface area (Å²) in [6.45, 7) is 15.4. The fourth-order valence-electron chi connectivity index (χ4n) is 6.02. The fraction of sp³-hybridized carbons (Fsp3) is 0.256. The number of nitrogens with zero attached hydrogens (tertiary/aromatic N) is 1. The highest BCUT2D eigenvalue weighted by atomic mass is 15.0. The molecule has 1 heterocycles. The lowest BCUT2D eigenvalue weighted by molar-refractivity contribution is 0.591. The van der Waals surface area contributed by atoms with Crippen LogP contribution in [-0.4, -0.2) is 4.57 Å². The van der Waals surface area contributed by atoms with Crippen LogP contribution in [0.2, 0.25) is 0 Å². The predicted octanol–water partition coefficient (Wildman–Crippen LogP) is 12.7. The van der Waals surface area contributed by atoms with Gasteiger partial charge in [0.25, 0.3) is 0 Å². The SMILES string of the molecule is C/C=C(\C=C(\C)Nc1ccc(-c2ccc3c(c2)c2cc(C(C)(C)C)ccc2n3-c2ccccc2)cc1)CC/C=C/C(=C\C)CC. The zero-order valence-electron chi connectivity index (χ0n) is 28.1. The zero-order valence-corrected chi connectivity index (χ0v) is 28.1. The lowest BCUT2D eigenvalue weighted by atomic mass is 9.86. The second-order valence-corrected chi connectivity index (χ2v) is 12.9. The number of hydrogen-bond donors (Lipinski definition) is 1. The number of rotatable bonds is 10. The number of para-hydroxylation sites is 1. The van der Waals surface area contributed by atoms with Crippen molar-refractivity contribution in [2.24, 2.45) is 0 Å². The molecule has 5 rings (SSSR count). The second kappa shape index (κ2) is 14.0. The van der Waals surface area contributed by atoms with Gasteiger partial charge in [-0.3, -0.25) is 0 Å². The van der Waals surface area contributed by atoms with Crippen molar-refractivity contribution in [2.75, 3.05) is 5.32 Å². The molecule has 0 aliphatic rings. The smallest absolute Gasteiger partial charge is 0.0541 e. The highest BCUT2D eigenvalue weighted by Gasteiger charge is 2.18. The van der Waals surface area contributed by atoms with Crippen LogP contribution in [0.5, 0.6) is 0 Å². The third kappa shape index (κ3) is 7.40. The third-order valence-corrected chi connectivity index (χ3v) is 8.69. The van der Waals surface area contributed by atoms with E-state index in [1.54, 1.807) is 0 Å². The van der Waals surface area contributed by atoms with Gasteiger partial charge in [-0.25, -0.2) is 0 Å². The normalized spacial score (nSPS) is 13.4. The Kier molecular flexibility index (Phi) is 9.93. The van der Waals surface area contributed by atoms with Gasteiger partial charge < -0.3 is 9.88 Å². The van der Waals surface area contributed by atoms with Crippen molar-refractivity contribution < 1.29 is 0 Å². The Morgan fingerprint density at radius 1 is 0.756 bits per heavy atom. The lowest BCUT2D eigenvalue weighted by Gasteiger charge is -2.19. The molecule has 4 aromatic carbocycles. The molecule has 0 bridgehead atoms. The molecule has 1 aromatic heterocycles. The molecule has 2 heteroatoms. The number of hydrogen-bond acceptors (Lipinski definition) is 1. The van der Waals surface area contributed by atoms with Gasteiger partial charge in [0.1, 0.15) is 0 Å². The first-order valence-corrected chi connectivity index (χ1v) is 16.4. The molecule has 0 unspecified atom stereocenters. The van der Waals surface area contributed by atoms with Gasteiger partial charge in [-0.15, -0.1) is 0 Å². The van der Waals surface area contributed by atoms with Gasteiger partial charge >= 0.3 is 0 Å². The van der Waals surface area contributed by atoms with Crippen molar-refractivity contribution in [3.63, 3.8) is 0 Å². The molecule has 0 spiro atoms. The number of allylic oxidation sites excluding steroid dienone is 8. The van der Waals surface area contributed by atoms with Crippen molar-refractivity contribution in [3.8, 4) is 16.8 Å². The van der Waals surface area contributed by atoms with Gasteiger partial charge in [0, 0.05) is 27.8 Å². The van der Waals surface area contributed by atoms with Gasteiger partial charge in [-0.05, 0) is 117 Å². The van der Waals surface area contributed by atoms with Crippen LogP contribution in [0.3, 0.4) is 0 Å². The standard InChI is InChI=1S/C43H48N2/c1-8-32(9-2)16-14-15-17-33(10-3)28-31(4)44-37-24-20-34(21-25-37)35-22-26-41-39(29-35)40-30-36(43(5,6)7)23-27-42(40)45(41)38-18-12-11-13-19-38/h8,10-14,16,18-30,44H,9,15,17H2,1-7H3/b16-14+,31-28-,32-8-,33-10-. The summed E-state index contributed by atoms with van der Waals surface area (Å²) < 4.78 is 2.39. The Morgan fingerprint density at radius 3 is 2.04 bits per heavy atom. The minimum Gasteiger partial charge on any atom is -0.359 e. The maximum atomic E-state index is 3.60. The molecular formula is C43H48N2. The summed E-state index contributed by atoms with van der Waals surface area (Å²) in [5, 5.41) is 6.18. The Hall–Kier alpha value is -4.56. The van der Waals surface area contributed by atoms with Gasteiger partial charge in [0.2, 0.25) is 0 Å². The summed E-state index contributed by atoms with van der Waals surface area (Å²) >= 11 is 0. The highest BCUT2D eigenvalue weighted by molar-refractivity contribution is 6.10. The third-order valence-electron chi connectivity index (χ3n) is 8.69. The molecule has 1 N–H and O–H groups in total. The second-order valence-electron chi connectivity index (χ2n) is 12.9.